The number of aryl methyl sites for hydroxylation is 2. The van der Waals surface area contributed by atoms with E-state index in [1.165, 1.54) is 0 Å². The summed E-state index contributed by atoms with van der Waals surface area (Å²) in [6, 6.07) is 12.4. The van der Waals surface area contributed by atoms with Gasteiger partial charge in [-0.05, 0) is 37.6 Å². The molecule has 2 aromatic heterocycles. The zero-order chi connectivity index (χ0) is 14.7. The van der Waals surface area contributed by atoms with Gasteiger partial charge >= 0.3 is 0 Å². The fourth-order valence-electron chi connectivity index (χ4n) is 2.39. The SMILES string of the molecule is Cc1cncc(NCc2cnc(C)n2-c2ccccc2)c1. The number of hydrogen-bond acceptors (Lipinski definition) is 3. The highest BCUT2D eigenvalue weighted by Gasteiger charge is 2.08. The van der Waals surface area contributed by atoms with E-state index in [2.05, 4.69) is 38.1 Å². The van der Waals surface area contributed by atoms with E-state index < -0.39 is 0 Å². The molecule has 0 aliphatic carbocycles. The minimum atomic E-state index is 0.709. The number of pyridine rings is 1. The van der Waals surface area contributed by atoms with Crippen LogP contribution in [0.2, 0.25) is 0 Å². The molecule has 0 fully saturated rings. The third-order valence-corrected chi connectivity index (χ3v) is 3.37. The van der Waals surface area contributed by atoms with Crippen LogP contribution in [0.25, 0.3) is 5.69 Å². The highest BCUT2D eigenvalue weighted by atomic mass is 15.1. The van der Waals surface area contributed by atoms with Crippen LogP contribution >= 0.6 is 0 Å². The van der Waals surface area contributed by atoms with Crippen molar-refractivity contribution in [2.45, 2.75) is 20.4 Å². The molecule has 0 amide bonds. The first-order valence-corrected chi connectivity index (χ1v) is 6.98. The molecule has 21 heavy (non-hydrogen) atoms. The van der Waals surface area contributed by atoms with E-state index in [0.29, 0.717) is 6.54 Å². The van der Waals surface area contributed by atoms with Gasteiger partial charge in [-0.15, -0.1) is 0 Å². The van der Waals surface area contributed by atoms with Crippen molar-refractivity contribution >= 4 is 5.69 Å². The lowest BCUT2D eigenvalue weighted by Crippen LogP contribution is -2.07. The first-order chi connectivity index (χ1) is 10.2. The molecule has 0 saturated carbocycles. The Kier molecular flexibility index (Phi) is 3.69. The van der Waals surface area contributed by atoms with Crippen LogP contribution in [0.15, 0.2) is 55.0 Å². The fraction of sp³-hybridized carbons (Fsp3) is 0.176. The number of nitrogens with one attached hydrogen (secondary N) is 1. The Morgan fingerprint density at radius 2 is 1.86 bits per heavy atom. The van der Waals surface area contributed by atoms with Crippen molar-refractivity contribution in [3.63, 3.8) is 0 Å². The zero-order valence-electron chi connectivity index (χ0n) is 12.2. The molecular formula is C17H18N4. The summed E-state index contributed by atoms with van der Waals surface area (Å²) < 4.78 is 2.16. The Bertz CT molecular complexity index is 732. The van der Waals surface area contributed by atoms with E-state index >= 15 is 0 Å². The third kappa shape index (κ3) is 2.94. The largest absolute Gasteiger partial charge is 0.378 e. The minimum Gasteiger partial charge on any atom is -0.378 e. The van der Waals surface area contributed by atoms with Gasteiger partial charge in [-0.3, -0.25) is 9.55 Å². The van der Waals surface area contributed by atoms with Crippen LogP contribution < -0.4 is 5.32 Å². The second-order valence-corrected chi connectivity index (χ2v) is 5.07. The summed E-state index contributed by atoms with van der Waals surface area (Å²) in [5.41, 5.74) is 4.42. The van der Waals surface area contributed by atoms with E-state index in [-0.39, 0.29) is 0 Å². The highest BCUT2D eigenvalue weighted by Crippen LogP contribution is 2.16. The van der Waals surface area contributed by atoms with Crippen LogP contribution in [0.1, 0.15) is 17.1 Å². The van der Waals surface area contributed by atoms with Crippen molar-refractivity contribution in [3.8, 4) is 5.69 Å². The lowest BCUT2D eigenvalue weighted by Gasteiger charge is -2.12. The molecule has 4 nitrogen and oxygen atoms in total. The van der Waals surface area contributed by atoms with E-state index in [1.807, 2.05) is 50.6 Å². The lowest BCUT2D eigenvalue weighted by molar-refractivity contribution is 0.899. The molecule has 0 unspecified atom stereocenters. The van der Waals surface area contributed by atoms with E-state index in [1.54, 1.807) is 0 Å². The summed E-state index contributed by atoms with van der Waals surface area (Å²) >= 11 is 0. The fourth-order valence-corrected chi connectivity index (χ4v) is 2.39. The molecule has 3 rings (SSSR count). The second kappa shape index (κ2) is 5.79. The van der Waals surface area contributed by atoms with Gasteiger partial charge in [0.2, 0.25) is 0 Å². The first kappa shape index (κ1) is 13.4. The van der Waals surface area contributed by atoms with Crippen molar-refractivity contribution in [2.75, 3.05) is 5.32 Å². The van der Waals surface area contributed by atoms with Crippen molar-refractivity contribution in [1.29, 1.82) is 0 Å². The number of benzene rings is 1. The average Bonchev–Trinajstić information content (AvgIpc) is 2.87. The van der Waals surface area contributed by atoms with E-state index in [0.717, 1.165) is 28.5 Å². The number of imidazole rings is 1. The molecule has 0 spiro atoms. The molecule has 3 aromatic rings. The molecule has 4 heteroatoms. The van der Waals surface area contributed by atoms with Crippen molar-refractivity contribution in [2.24, 2.45) is 0 Å². The van der Waals surface area contributed by atoms with Crippen LogP contribution in [0.5, 0.6) is 0 Å². The topological polar surface area (TPSA) is 42.7 Å². The van der Waals surface area contributed by atoms with Gasteiger partial charge in [-0.25, -0.2) is 4.98 Å². The van der Waals surface area contributed by atoms with E-state index in [4.69, 9.17) is 0 Å². The van der Waals surface area contributed by atoms with Gasteiger partial charge < -0.3 is 5.32 Å². The summed E-state index contributed by atoms with van der Waals surface area (Å²) in [6.07, 6.45) is 5.60. The maximum Gasteiger partial charge on any atom is 0.110 e. The normalized spacial score (nSPS) is 10.6. The smallest absolute Gasteiger partial charge is 0.110 e. The Hall–Kier alpha value is -2.62. The molecule has 0 aliphatic rings. The molecule has 0 bridgehead atoms. The predicted octanol–water partition coefficient (Wildman–Crippen LogP) is 3.50. The predicted molar refractivity (Wildman–Crippen MR) is 84.6 cm³/mol. The summed E-state index contributed by atoms with van der Waals surface area (Å²) in [5, 5.41) is 3.40. The number of anilines is 1. The first-order valence-electron chi connectivity index (χ1n) is 6.98. The van der Waals surface area contributed by atoms with Gasteiger partial charge in [0, 0.05) is 18.1 Å². The third-order valence-electron chi connectivity index (χ3n) is 3.37. The molecule has 0 aliphatic heterocycles. The molecule has 0 saturated heterocycles. The monoisotopic (exact) mass is 278 g/mol. The van der Waals surface area contributed by atoms with Crippen molar-refractivity contribution < 1.29 is 0 Å². The summed E-state index contributed by atoms with van der Waals surface area (Å²) in [5.74, 6) is 0.986. The Morgan fingerprint density at radius 3 is 2.62 bits per heavy atom. The number of nitrogens with zero attached hydrogens (tertiary/aromatic N) is 3. The molecule has 2 heterocycles. The van der Waals surface area contributed by atoms with E-state index in [9.17, 15) is 0 Å². The van der Waals surface area contributed by atoms with Crippen molar-refractivity contribution in [1.82, 2.24) is 14.5 Å². The molecule has 1 aromatic carbocycles. The lowest BCUT2D eigenvalue weighted by atomic mass is 10.3. The Balaban J connectivity index is 1.84. The minimum absolute atomic E-state index is 0.709. The zero-order valence-corrected chi connectivity index (χ0v) is 12.2. The molecule has 106 valence electrons. The Morgan fingerprint density at radius 1 is 1.05 bits per heavy atom. The van der Waals surface area contributed by atoms with Gasteiger partial charge in [-0.2, -0.15) is 0 Å². The molecule has 0 radical (unpaired) electrons. The molecule has 1 N–H and O–H groups in total. The second-order valence-electron chi connectivity index (χ2n) is 5.07. The average molecular weight is 278 g/mol. The van der Waals surface area contributed by atoms with Gasteiger partial charge in [-0.1, -0.05) is 18.2 Å². The quantitative estimate of drug-likeness (QED) is 0.794. The van der Waals surface area contributed by atoms with Gasteiger partial charge in [0.1, 0.15) is 5.82 Å². The van der Waals surface area contributed by atoms with Crippen LogP contribution in [0.4, 0.5) is 5.69 Å². The number of para-hydroxylation sites is 1. The highest BCUT2D eigenvalue weighted by molar-refractivity contribution is 5.43. The van der Waals surface area contributed by atoms with Crippen molar-refractivity contribution in [3.05, 3.63) is 72.1 Å². The van der Waals surface area contributed by atoms with Gasteiger partial charge in [0.25, 0.3) is 0 Å². The van der Waals surface area contributed by atoms with Gasteiger partial charge in [0.15, 0.2) is 0 Å². The number of hydrogen-bond donors (Lipinski definition) is 1. The summed E-state index contributed by atoms with van der Waals surface area (Å²) in [6.45, 7) is 4.77. The van der Waals surface area contributed by atoms with Crippen LogP contribution in [-0.2, 0) is 6.54 Å². The molecular weight excluding hydrogens is 260 g/mol. The maximum absolute atomic E-state index is 4.43. The molecule has 0 atom stereocenters. The Labute approximate surface area is 124 Å². The van der Waals surface area contributed by atoms with Crippen LogP contribution in [0, 0.1) is 13.8 Å². The van der Waals surface area contributed by atoms with Gasteiger partial charge in [0.05, 0.1) is 24.1 Å². The number of rotatable bonds is 4. The van der Waals surface area contributed by atoms with Crippen LogP contribution in [-0.4, -0.2) is 14.5 Å². The maximum atomic E-state index is 4.43. The summed E-state index contributed by atoms with van der Waals surface area (Å²) in [4.78, 5) is 8.63. The number of aromatic nitrogens is 3. The van der Waals surface area contributed by atoms with Crippen LogP contribution in [0.3, 0.4) is 0 Å². The standard InChI is InChI=1S/C17H18N4/c1-13-8-15(10-18-9-13)20-12-17-11-19-14(2)21(17)16-6-4-3-5-7-16/h3-11,20H,12H2,1-2H3. The summed E-state index contributed by atoms with van der Waals surface area (Å²) in [7, 11) is 0.